The molecule has 0 amide bonds. The Morgan fingerprint density at radius 3 is 2.41 bits per heavy atom. The van der Waals surface area contributed by atoms with Gasteiger partial charge < -0.3 is 9.47 Å². The molecule has 1 aromatic heterocycles. The summed E-state index contributed by atoms with van der Waals surface area (Å²) in [6.07, 6.45) is 0.367. The number of rotatable bonds is 7. The first-order valence-corrected chi connectivity index (χ1v) is 9.56. The average molecular weight is 433 g/mol. The highest BCUT2D eigenvalue weighted by Gasteiger charge is 2.20. The maximum Gasteiger partial charge on any atom is 0.264 e. The van der Waals surface area contributed by atoms with Crippen molar-refractivity contribution >= 4 is 29.0 Å². The van der Waals surface area contributed by atoms with Gasteiger partial charge in [0.2, 0.25) is 0 Å². The smallest absolute Gasteiger partial charge is 0.264 e. The van der Waals surface area contributed by atoms with Crippen LogP contribution in [0.5, 0.6) is 11.5 Å². The number of H-pyrrole nitrogens is 1. The molecule has 0 aliphatic carbocycles. The Morgan fingerprint density at radius 2 is 1.83 bits per heavy atom. The van der Waals surface area contributed by atoms with Crippen LogP contribution >= 0.6 is 23.2 Å². The van der Waals surface area contributed by atoms with Gasteiger partial charge in [0, 0.05) is 23.6 Å². The minimum absolute atomic E-state index is 0.204. The van der Waals surface area contributed by atoms with Crippen molar-refractivity contribution in [2.75, 3.05) is 13.7 Å². The summed E-state index contributed by atoms with van der Waals surface area (Å²) in [5, 5.41) is 6.82. The summed E-state index contributed by atoms with van der Waals surface area (Å²) in [5.74, 6) is 0.776. The van der Waals surface area contributed by atoms with Crippen LogP contribution in [0.2, 0.25) is 10.0 Å². The van der Waals surface area contributed by atoms with E-state index in [1.165, 1.54) is 6.07 Å². The van der Waals surface area contributed by atoms with E-state index in [1.807, 2.05) is 6.92 Å². The van der Waals surface area contributed by atoms with E-state index in [1.54, 1.807) is 43.5 Å². The third kappa shape index (κ3) is 4.78. The summed E-state index contributed by atoms with van der Waals surface area (Å²) in [6.45, 7) is 2.30. The molecule has 8 heteroatoms. The van der Waals surface area contributed by atoms with Crippen molar-refractivity contribution < 1.29 is 14.3 Å². The van der Waals surface area contributed by atoms with Gasteiger partial charge in [0.25, 0.3) is 5.56 Å². The predicted octanol–water partition coefficient (Wildman–Crippen LogP) is 4.31. The number of ether oxygens (including phenoxy) is 2. The molecular formula is C21H18Cl2N2O4. The fraction of sp³-hybridized carbons (Fsp3) is 0.190. The van der Waals surface area contributed by atoms with Gasteiger partial charge in [-0.2, -0.15) is 5.10 Å². The van der Waals surface area contributed by atoms with Crippen LogP contribution in [0.3, 0.4) is 0 Å². The van der Waals surface area contributed by atoms with Crippen molar-refractivity contribution in [2.24, 2.45) is 0 Å². The van der Waals surface area contributed by atoms with Crippen LogP contribution in [0.15, 0.2) is 47.3 Å². The normalized spacial score (nSPS) is 10.6. The number of halogens is 2. The van der Waals surface area contributed by atoms with Gasteiger partial charge in [-0.3, -0.25) is 9.59 Å². The molecule has 1 heterocycles. The number of aromatic amines is 1. The number of carbonyl (C=O) groups excluding carboxylic acids is 1. The number of hydrogen-bond acceptors (Lipinski definition) is 5. The van der Waals surface area contributed by atoms with Crippen LogP contribution in [0.1, 0.15) is 34.1 Å². The third-order valence-electron chi connectivity index (χ3n) is 4.20. The summed E-state index contributed by atoms with van der Waals surface area (Å²) in [7, 11) is 1.54. The van der Waals surface area contributed by atoms with Gasteiger partial charge in [0.1, 0.15) is 11.5 Å². The van der Waals surface area contributed by atoms with Crippen molar-refractivity contribution in [1.29, 1.82) is 0 Å². The molecule has 0 unspecified atom stereocenters. The summed E-state index contributed by atoms with van der Waals surface area (Å²) >= 11 is 12.6. The quantitative estimate of drug-likeness (QED) is 0.562. The largest absolute Gasteiger partial charge is 0.496 e. The lowest BCUT2D eigenvalue weighted by Gasteiger charge is -2.12. The van der Waals surface area contributed by atoms with Gasteiger partial charge in [-0.25, -0.2) is 5.10 Å². The molecule has 0 radical (unpaired) electrons. The second-order valence-corrected chi connectivity index (χ2v) is 6.95. The van der Waals surface area contributed by atoms with Crippen molar-refractivity contribution in [3.05, 3.63) is 85.2 Å². The zero-order valence-corrected chi connectivity index (χ0v) is 17.3. The molecule has 6 nitrogen and oxygen atoms in total. The summed E-state index contributed by atoms with van der Waals surface area (Å²) in [5.41, 5.74) is 1.68. The summed E-state index contributed by atoms with van der Waals surface area (Å²) in [6, 6.07) is 11.2. The summed E-state index contributed by atoms with van der Waals surface area (Å²) < 4.78 is 10.8. The molecule has 3 aromatic rings. The predicted molar refractivity (Wildman–Crippen MR) is 112 cm³/mol. The molecule has 0 saturated heterocycles. The first kappa shape index (κ1) is 20.9. The highest BCUT2D eigenvalue weighted by atomic mass is 35.5. The topological polar surface area (TPSA) is 81.3 Å². The Balaban J connectivity index is 1.98. The number of carbonyl (C=O) groups is 1. The van der Waals surface area contributed by atoms with E-state index in [9.17, 15) is 9.59 Å². The van der Waals surface area contributed by atoms with Crippen LogP contribution in [-0.4, -0.2) is 29.7 Å². The number of nitrogens with one attached hydrogen (secondary N) is 1. The third-order valence-corrected chi connectivity index (χ3v) is 4.80. The van der Waals surface area contributed by atoms with E-state index in [2.05, 4.69) is 10.2 Å². The van der Waals surface area contributed by atoms with Crippen molar-refractivity contribution in [3.63, 3.8) is 0 Å². The molecule has 1 N–H and O–H groups in total. The lowest BCUT2D eigenvalue weighted by molar-refractivity contribution is 0.103. The average Bonchev–Trinajstić information content (AvgIpc) is 2.69. The van der Waals surface area contributed by atoms with Crippen molar-refractivity contribution in [1.82, 2.24) is 10.2 Å². The van der Waals surface area contributed by atoms with Gasteiger partial charge in [0.15, 0.2) is 5.78 Å². The lowest BCUT2D eigenvalue weighted by atomic mass is 9.98. The standard InChI is InChI=1S/C21H18Cl2N2O4/c1-3-29-15-10-16(22)20(17(23)11-15)21(27)12-4-6-18(28-2)13(8-12)9-14-5-7-19(26)25-24-14/h4-8,10-11H,3,9H2,1-2H3,(H,25,26). The summed E-state index contributed by atoms with van der Waals surface area (Å²) in [4.78, 5) is 24.3. The molecule has 0 atom stereocenters. The van der Waals surface area contributed by atoms with Gasteiger partial charge >= 0.3 is 0 Å². The van der Waals surface area contributed by atoms with Gasteiger partial charge in [-0.05, 0) is 43.3 Å². The zero-order chi connectivity index (χ0) is 21.0. The second-order valence-electron chi connectivity index (χ2n) is 6.14. The highest BCUT2D eigenvalue weighted by molar-refractivity contribution is 6.41. The molecule has 0 aliphatic heterocycles. The van der Waals surface area contributed by atoms with E-state index < -0.39 is 0 Å². The van der Waals surface area contributed by atoms with Gasteiger partial charge in [-0.1, -0.05) is 23.2 Å². The van der Waals surface area contributed by atoms with Crippen LogP contribution < -0.4 is 15.0 Å². The van der Waals surface area contributed by atoms with Crippen molar-refractivity contribution in [2.45, 2.75) is 13.3 Å². The number of nitrogens with zero attached hydrogens (tertiary/aromatic N) is 1. The van der Waals surface area contributed by atoms with Gasteiger partial charge in [-0.15, -0.1) is 0 Å². The molecule has 29 heavy (non-hydrogen) atoms. The van der Waals surface area contributed by atoms with Crippen LogP contribution in [-0.2, 0) is 6.42 Å². The number of benzene rings is 2. The first-order valence-electron chi connectivity index (χ1n) is 8.81. The molecular weight excluding hydrogens is 415 g/mol. The Bertz CT molecular complexity index is 1070. The van der Waals surface area contributed by atoms with Crippen LogP contribution in [0.25, 0.3) is 0 Å². The SMILES string of the molecule is CCOc1cc(Cl)c(C(=O)c2ccc(OC)c(Cc3ccc(=O)[nH]n3)c2)c(Cl)c1. The fourth-order valence-corrected chi connectivity index (χ4v) is 3.52. The van der Waals surface area contributed by atoms with E-state index in [0.717, 1.165) is 5.56 Å². The molecule has 3 rings (SSSR count). The molecule has 0 aliphatic rings. The Morgan fingerprint density at radius 1 is 1.10 bits per heavy atom. The monoisotopic (exact) mass is 432 g/mol. The van der Waals surface area contributed by atoms with E-state index in [-0.39, 0.29) is 27.0 Å². The van der Waals surface area contributed by atoms with Crippen LogP contribution in [0.4, 0.5) is 0 Å². The second kappa shape index (κ2) is 9.11. The minimum atomic E-state index is -0.318. The molecule has 150 valence electrons. The molecule has 0 saturated carbocycles. The number of aromatic nitrogens is 2. The Hall–Kier alpha value is -2.83. The number of ketones is 1. The number of methoxy groups -OCH3 is 1. The highest BCUT2D eigenvalue weighted by Crippen LogP contribution is 2.33. The van der Waals surface area contributed by atoms with Gasteiger partial charge in [0.05, 0.1) is 35.0 Å². The molecule has 0 spiro atoms. The Kier molecular flexibility index (Phi) is 6.56. The zero-order valence-electron chi connectivity index (χ0n) is 15.8. The Labute approximate surface area is 177 Å². The van der Waals surface area contributed by atoms with Crippen molar-refractivity contribution in [3.8, 4) is 11.5 Å². The minimum Gasteiger partial charge on any atom is -0.496 e. The maximum absolute atomic E-state index is 13.1. The molecule has 0 fully saturated rings. The lowest BCUT2D eigenvalue weighted by Crippen LogP contribution is -2.09. The fourth-order valence-electron chi connectivity index (χ4n) is 2.89. The van der Waals surface area contributed by atoms with E-state index in [4.69, 9.17) is 32.7 Å². The first-order chi connectivity index (χ1) is 13.9. The van der Waals surface area contributed by atoms with Crippen LogP contribution in [0, 0.1) is 0 Å². The van der Waals surface area contributed by atoms with E-state index >= 15 is 0 Å². The maximum atomic E-state index is 13.1. The van der Waals surface area contributed by atoms with E-state index in [0.29, 0.717) is 35.8 Å². The number of hydrogen-bond donors (Lipinski definition) is 1. The molecule has 0 bridgehead atoms. The molecule has 2 aromatic carbocycles.